The van der Waals surface area contributed by atoms with E-state index in [1.54, 1.807) is 0 Å². The normalized spacial score (nSPS) is 25.4. The predicted octanol–water partition coefficient (Wildman–Crippen LogP) is 1.78. The Balaban J connectivity index is 1.75. The smallest absolute Gasteiger partial charge is 0.224 e. The Hall–Kier alpha value is -0.570. The Kier molecular flexibility index (Phi) is 4.22. The van der Waals surface area contributed by atoms with Gasteiger partial charge in [0.15, 0.2) is 0 Å². The molecule has 3 nitrogen and oxygen atoms in total. The SMILES string of the molecule is CCN(CC1CCC1)C(=O)CC1CCCN1. The largest absolute Gasteiger partial charge is 0.343 e. The molecular formula is C13H24N2O. The summed E-state index contributed by atoms with van der Waals surface area (Å²) < 4.78 is 0. The summed E-state index contributed by atoms with van der Waals surface area (Å²) in [6, 6.07) is 0.447. The first-order chi connectivity index (χ1) is 7.79. The fourth-order valence-electron chi connectivity index (χ4n) is 2.67. The lowest BCUT2D eigenvalue weighted by Crippen LogP contribution is -2.40. The molecule has 0 aromatic rings. The minimum atomic E-state index is 0.355. The summed E-state index contributed by atoms with van der Waals surface area (Å²) in [6.07, 6.45) is 7.12. The first-order valence-electron chi connectivity index (χ1n) is 6.80. The second kappa shape index (κ2) is 5.67. The molecule has 1 N–H and O–H groups in total. The summed E-state index contributed by atoms with van der Waals surface area (Å²) in [4.78, 5) is 14.2. The van der Waals surface area contributed by atoms with Crippen LogP contribution in [-0.4, -0.2) is 36.5 Å². The maximum atomic E-state index is 12.1. The van der Waals surface area contributed by atoms with Gasteiger partial charge in [-0.15, -0.1) is 0 Å². The topological polar surface area (TPSA) is 32.3 Å². The molecule has 2 aliphatic rings. The molecule has 1 aliphatic carbocycles. The fourth-order valence-corrected chi connectivity index (χ4v) is 2.67. The predicted molar refractivity (Wildman–Crippen MR) is 65.2 cm³/mol. The molecule has 0 spiro atoms. The van der Waals surface area contributed by atoms with Gasteiger partial charge < -0.3 is 10.2 Å². The molecule has 1 aliphatic heterocycles. The maximum absolute atomic E-state index is 12.1. The highest BCUT2D eigenvalue weighted by Gasteiger charge is 2.25. The minimum absolute atomic E-state index is 0.355. The third-order valence-electron chi connectivity index (χ3n) is 4.02. The van der Waals surface area contributed by atoms with Gasteiger partial charge in [0, 0.05) is 25.6 Å². The summed E-state index contributed by atoms with van der Waals surface area (Å²) in [5.41, 5.74) is 0. The molecule has 16 heavy (non-hydrogen) atoms. The lowest BCUT2D eigenvalue weighted by atomic mass is 9.85. The molecule has 0 radical (unpaired) electrons. The standard InChI is InChI=1S/C13H24N2O/c1-2-15(10-11-5-3-6-11)13(16)9-12-7-4-8-14-12/h11-12,14H,2-10H2,1H3. The lowest BCUT2D eigenvalue weighted by molar-refractivity contribution is -0.132. The van der Waals surface area contributed by atoms with Crippen LogP contribution in [0.2, 0.25) is 0 Å². The van der Waals surface area contributed by atoms with E-state index in [2.05, 4.69) is 17.1 Å². The van der Waals surface area contributed by atoms with Crippen LogP contribution < -0.4 is 5.32 Å². The Labute approximate surface area is 98.6 Å². The number of hydrogen-bond acceptors (Lipinski definition) is 2. The van der Waals surface area contributed by atoms with Crippen molar-refractivity contribution in [1.82, 2.24) is 10.2 Å². The van der Waals surface area contributed by atoms with E-state index in [1.807, 2.05) is 0 Å². The van der Waals surface area contributed by atoms with Crippen LogP contribution in [0, 0.1) is 5.92 Å². The van der Waals surface area contributed by atoms with Crippen molar-refractivity contribution < 1.29 is 4.79 Å². The average molecular weight is 224 g/mol. The molecule has 0 bridgehead atoms. The van der Waals surface area contributed by atoms with E-state index < -0.39 is 0 Å². The zero-order valence-corrected chi connectivity index (χ0v) is 10.4. The second-order valence-electron chi connectivity index (χ2n) is 5.23. The molecule has 92 valence electrons. The summed E-state index contributed by atoms with van der Waals surface area (Å²) in [6.45, 7) is 5.06. The molecule has 1 amide bonds. The third-order valence-corrected chi connectivity index (χ3v) is 4.02. The van der Waals surface area contributed by atoms with Gasteiger partial charge in [0.1, 0.15) is 0 Å². The molecule has 1 saturated heterocycles. The van der Waals surface area contributed by atoms with Crippen molar-refractivity contribution in [3.8, 4) is 0 Å². The van der Waals surface area contributed by atoms with Crippen molar-refractivity contribution in [3.05, 3.63) is 0 Å². The number of amides is 1. The first-order valence-corrected chi connectivity index (χ1v) is 6.80. The van der Waals surface area contributed by atoms with Crippen LogP contribution in [-0.2, 0) is 4.79 Å². The monoisotopic (exact) mass is 224 g/mol. The van der Waals surface area contributed by atoms with Crippen LogP contribution in [0.3, 0.4) is 0 Å². The number of nitrogens with zero attached hydrogens (tertiary/aromatic N) is 1. The quantitative estimate of drug-likeness (QED) is 0.772. The van der Waals surface area contributed by atoms with Crippen molar-refractivity contribution in [2.45, 2.75) is 51.5 Å². The molecule has 1 heterocycles. The van der Waals surface area contributed by atoms with Gasteiger partial charge in [-0.25, -0.2) is 0 Å². The zero-order chi connectivity index (χ0) is 11.4. The summed E-state index contributed by atoms with van der Waals surface area (Å²) in [5.74, 6) is 1.15. The van der Waals surface area contributed by atoms with Crippen LogP contribution in [0.25, 0.3) is 0 Å². The highest BCUT2D eigenvalue weighted by Crippen LogP contribution is 2.27. The van der Waals surface area contributed by atoms with E-state index in [-0.39, 0.29) is 0 Å². The molecule has 1 saturated carbocycles. The molecular weight excluding hydrogens is 200 g/mol. The van der Waals surface area contributed by atoms with Crippen LogP contribution >= 0.6 is 0 Å². The number of rotatable bonds is 5. The zero-order valence-electron chi connectivity index (χ0n) is 10.4. The summed E-state index contributed by atoms with van der Waals surface area (Å²) >= 11 is 0. The van der Waals surface area contributed by atoms with Crippen molar-refractivity contribution in [3.63, 3.8) is 0 Å². The number of carbonyl (C=O) groups is 1. The Morgan fingerprint density at radius 1 is 1.31 bits per heavy atom. The Morgan fingerprint density at radius 2 is 2.12 bits per heavy atom. The van der Waals surface area contributed by atoms with Gasteiger partial charge in [0.25, 0.3) is 0 Å². The van der Waals surface area contributed by atoms with Gasteiger partial charge >= 0.3 is 0 Å². The van der Waals surface area contributed by atoms with E-state index in [0.717, 1.165) is 25.6 Å². The van der Waals surface area contributed by atoms with Crippen LogP contribution in [0.1, 0.15) is 45.4 Å². The molecule has 0 aromatic heterocycles. The van der Waals surface area contributed by atoms with Gasteiger partial charge in [-0.1, -0.05) is 6.42 Å². The van der Waals surface area contributed by atoms with Crippen molar-refractivity contribution in [2.24, 2.45) is 5.92 Å². The molecule has 0 aromatic carbocycles. The summed E-state index contributed by atoms with van der Waals surface area (Å²) in [7, 11) is 0. The second-order valence-corrected chi connectivity index (χ2v) is 5.23. The van der Waals surface area contributed by atoms with Crippen molar-refractivity contribution in [2.75, 3.05) is 19.6 Å². The molecule has 1 atom stereocenters. The van der Waals surface area contributed by atoms with Gasteiger partial charge in [-0.3, -0.25) is 4.79 Å². The molecule has 2 fully saturated rings. The van der Waals surface area contributed by atoms with E-state index in [1.165, 1.54) is 32.1 Å². The molecule has 1 unspecified atom stereocenters. The average Bonchev–Trinajstić information content (AvgIpc) is 2.69. The van der Waals surface area contributed by atoms with Crippen LogP contribution in [0.15, 0.2) is 0 Å². The van der Waals surface area contributed by atoms with E-state index in [4.69, 9.17) is 0 Å². The fraction of sp³-hybridized carbons (Fsp3) is 0.923. The van der Waals surface area contributed by atoms with E-state index in [9.17, 15) is 4.79 Å². The number of carbonyl (C=O) groups excluding carboxylic acids is 1. The van der Waals surface area contributed by atoms with Gasteiger partial charge in [0.05, 0.1) is 0 Å². The minimum Gasteiger partial charge on any atom is -0.343 e. The number of hydrogen-bond donors (Lipinski definition) is 1. The van der Waals surface area contributed by atoms with Gasteiger partial charge in [-0.05, 0) is 45.1 Å². The molecule has 2 rings (SSSR count). The van der Waals surface area contributed by atoms with Crippen molar-refractivity contribution >= 4 is 5.91 Å². The Morgan fingerprint density at radius 3 is 2.62 bits per heavy atom. The highest BCUT2D eigenvalue weighted by molar-refractivity contribution is 5.76. The van der Waals surface area contributed by atoms with Crippen molar-refractivity contribution in [1.29, 1.82) is 0 Å². The Bertz CT molecular complexity index is 232. The highest BCUT2D eigenvalue weighted by atomic mass is 16.2. The van der Waals surface area contributed by atoms with E-state index >= 15 is 0 Å². The van der Waals surface area contributed by atoms with Crippen LogP contribution in [0.4, 0.5) is 0 Å². The first kappa shape index (κ1) is 11.9. The van der Waals surface area contributed by atoms with Crippen LogP contribution in [0.5, 0.6) is 0 Å². The summed E-state index contributed by atoms with van der Waals surface area (Å²) in [5, 5.41) is 3.40. The maximum Gasteiger partial charge on any atom is 0.224 e. The number of nitrogens with one attached hydrogen (secondary N) is 1. The van der Waals surface area contributed by atoms with E-state index in [0.29, 0.717) is 18.4 Å². The van der Waals surface area contributed by atoms with Gasteiger partial charge in [-0.2, -0.15) is 0 Å². The third kappa shape index (κ3) is 2.97. The molecule has 3 heteroatoms. The van der Waals surface area contributed by atoms with Gasteiger partial charge in [0.2, 0.25) is 5.91 Å². The lowest BCUT2D eigenvalue weighted by Gasteiger charge is -2.32.